The van der Waals surface area contributed by atoms with Crippen molar-refractivity contribution < 1.29 is 9.84 Å². The molecule has 0 radical (unpaired) electrons. The zero-order chi connectivity index (χ0) is 16.7. The first-order valence-electron chi connectivity index (χ1n) is 8.78. The minimum atomic E-state index is -0.538. The molecule has 0 aliphatic heterocycles. The summed E-state index contributed by atoms with van der Waals surface area (Å²) in [7, 11) is 0. The lowest BCUT2D eigenvalue weighted by molar-refractivity contribution is 0.00463. The molecule has 1 fully saturated rings. The van der Waals surface area contributed by atoms with Gasteiger partial charge in [-0.05, 0) is 25.0 Å². The lowest BCUT2D eigenvalue weighted by Crippen LogP contribution is -2.41. The van der Waals surface area contributed by atoms with Crippen LogP contribution in [0.4, 0.5) is 0 Å². The van der Waals surface area contributed by atoms with Crippen LogP contribution in [0.15, 0.2) is 48.8 Å². The van der Waals surface area contributed by atoms with Crippen LogP contribution in [0.25, 0.3) is 0 Å². The highest BCUT2D eigenvalue weighted by Crippen LogP contribution is 2.27. The predicted octanol–water partition coefficient (Wildman–Crippen LogP) is 3.45. The zero-order valence-corrected chi connectivity index (χ0v) is 14.1. The van der Waals surface area contributed by atoms with Crippen LogP contribution in [0.5, 0.6) is 5.75 Å². The van der Waals surface area contributed by atoms with E-state index in [0.29, 0.717) is 19.7 Å². The molecule has 2 aromatic rings. The molecule has 1 aromatic heterocycles. The summed E-state index contributed by atoms with van der Waals surface area (Å²) in [5, 5.41) is 14.0. The summed E-state index contributed by atoms with van der Waals surface area (Å²) >= 11 is 0. The van der Waals surface area contributed by atoms with Crippen molar-refractivity contribution in [2.24, 2.45) is 0 Å². The third kappa shape index (κ3) is 4.79. The third-order valence-electron chi connectivity index (χ3n) is 4.64. The molecule has 4 nitrogen and oxygen atoms in total. The maximum absolute atomic E-state index is 10.6. The second kappa shape index (κ2) is 8.27. The molecular weight excluding hydrogens is 300 g/mol. The molecule has 0 saturated heterocycles. The number of aliphatic hydroxyl groups is 1. The SMILES string of the molecule is OC1(CNCc2ccccc2OCc2cccnc2)CCCCC1. The summed E-state index contributed by atoms with van der Waals surface area (Å²) in [4.78, 5) is 4.11. The highest BCUT2D eigenvalue weighted by molar-refractivity contribution is 5.33. The van der Waals surface area contributed by atoms with Gasteiger partial charge in [0.2, 0.25) is 0 Å². The fraction of sp³-hybridized carbons (Fsp3) is 0.450. The number of hydrogen-bond acceptors (Lipinski definition) is 4. The fourth-order valence-corrected chi connectivity index (χ4v) is 3.25. The summed E-state index contributed by atoms with van der Waals surface area (Å²) in [6, 6.07) is 12.0. The summed E-state index contributed by atoms with van der Waals surface area (Å²) in [6.45, 7) is 1.85. The fourth-order valence-electron chi connectivity index (χ4n) is 3.25. The molecule has 24 heavy (non-hydrogen) atoms. The van der Waals surface area contributed by atoms with E-state index in [1.54, 1.807) is 6.20 Å². The Morgan fingerprint density at radius 2 is 1.92 bits per heavy atom. The Morgan fingerprint density at radius 1 is 1.08 bits per heavy atom. The number of nitrogens with one attached hydrogen (secondary N) is 1. The van der Waals surface area contributed by atoms with Gasteiger partial charge in [0, 0.05) is 36.6 Å². The van der Waals surface area contributed by atoms with Crippen LogP contribution >= 0.6 is 0 Å². The summed E-state index contributed by atoms with van der Waals surface area (Å²) in [6.07, 6.45) is 8.88. The van der Waals surface area contributed by atoms with Crippen molar-refractivity contribution in [3.05, 3.63) is 59.9 Å². The number of benzene rings is 1. The highest BCUT2D eigenvalue weighted by atomic mass is 16.5. The standard InChI is InChI=1S/C20H26N2O2/c23-20(10-4-1-5-11-20)16-22-14-18-8-2-3-9-19(18)24-15-17-7-6-12-21-13-17/h2-3,6-9,12-13,22-23H,1,4-5,10-11,14-16H2. The molecule has 1 aliphatic rings. The van der Waals surface area contributed by atoms with Gasteiger partial charge in [-0.2, -0.15) is 0 Å². The van der Waals surface area contributed by atoms with Gasteiger partial charge in [0.15, 0.2) is 0 Å². The van der Waals surface area contributed by atoms with Crippen molar-refractivity contribution in [1.82, 2.24) is 10.3 Å². The maximum Gasteiger partial charge on any atom is 0.124 e. The Morgan fingerprint density at radius 3 is 2.71 bits per heavy atom. The first kappa shape index (κ1) is 16.9. The zero-order valence-electron chi connectivity index (χ0n) is 14.1. The van der Waals surface area contributed by atoms with Gasteiger partial charge in [-0.3, -0.25) is 4.98 Å². The Bertz CT molecular complexity index is 625. The smallest absolute Gasteiger partial charge is 0.124 e. The van der Waals surface area contributed by atoms with Crippen LogP contribution in [0.2, 0.25) is 0 Å². The van der Waals surface area contributed by atoms with Gasteiger partial charge < -0.3 is 15.2 Å². The van der Waals surface area contributed by atoms with E-state index in [1.165, 1.54) is 6.42 Å². The molecular formula is C20H26N2O2. The van der Waals surface area contributed by atoms with Gasteiger partial charge in [-0.1, -0.05) is 43.5 Å². The van der Waals surface area contributed by atoms with E-state index in [1.807, 2.05) is 36.5 Å². The van der Waals surface area contributed by atoms with Crippen molar-refractivity contribution >= 4 is 0 Å². The lowest BCUT2D eigenvalue weighted by atomic mass is 9.85. The average Bonchev–Trinajstić information content (AvgIpc) is 2.62. The number of para-hydroxylation sites is 1. The number of hydrogen-bond donors (Lipinski definition) is 2. The molecule has 2 N–H and O–H groups in total. The van der Waals surface area contributed by atoms with Gasteiger partial charge in [0.25, 0.3) is 0 Å². The van der Waals surface area contributed by atoms with E-state index in [2.05, 4.69) is 16.4 Å². The van der Waals surface area contributed by atoms with Gasteiger partial charge >= 0.3 is 0 Å². The van der Waals surface area contributed by atoms with Crippen LogP contribution < -0.4 is 10.1 Å². The number of rotatable bonds is 7. The van der Waals surface area contributed by atoms with Gasteiger partial charge in [0.05, 0.1) is 5.60 Å². The molecule has 0 unspecified atom stereocenters. The molecule has 1 saturated carbocycles. The maximum atomic E-state index is 10.6. The van der Waals surface area contributed by atoms with E-state index in [0.717, 1.165) is 42.6 Å². The van der Waals surface area contributed by atoms with E-state index in [-0.39, 0.29) is 0 Å². The monoisotopic (exact) mass is 326 g/mol. The normalized spacial score (nSPS) is 16.7. The first-order chi connectivity index (χ1) is 11.8. The molecule has 1 heterocycles. The summed E-state index contributed by atoms with van der Waals surface area (Å²) in [5.74, 6) is 0.879. The van der Waals surface area contributed by atoms with Gasteiger partial charge in [-0.15, -0.1) is 0 Å². The molecule has 128 valence electrons. The molecule has 3 rings (SSSR count). The molecule has 0 amide bonds. The Hall–Kier alpha value is -1.91. The van der Waals surface area contributed by atoms with E-state index in [9.17, 15) is 5.11 Å². The molecule has 0 atom stereocenters. The average molecular weight is 326 g/mol. The van der Waals surface area contributed by atoms with E-state index >= 15 is 0 Å². The summed E-state index contributed by atoms with van der Waals surface area (Å²) in [5.41, 5.74) is 1.63. The van der Waals surface area contributed by atoms with Gasteiger partial charge in [-0.25, -0.2) is 0 Å². The predicted molar refractivity (Wildman–Crippen MR) is 94.8 cm³/mol. The number of pyridine rings is 1. The number of aromatic nitrogens is 1. The van der Waals surface area contributed by atoms with Crippen LogP contribution in [0.3, 0.4) is 0 Å². The Kier molecular flexibility index (Phi) is 5.83. The summed E-state index contributed by atoms with van der Waals surface area (Å²) < 4.78 is 5.95. The second-order valence-corrected chi connectivity index (χ2v) is 6.65. The van der Waals surface area contributed by atoms with Crippen LogP contribution in [-0.4, -0.2) is 22.2 Å². The van der Waals surface area contributed by atoms with Crippen molar-refractivity contribution in [2.75, 3.05) is 6.54 Å². The van der Waals surface area contributed by atoms with Gasteiger partial charge in [0.1, 0.15) is 12.4 Å². The quantitative estimate of drug-likeness (QED) is 0.818. The lowest BCUT2D eigenvalue weighted by Gasteiger charge is -2.32. The van der Waals surface area contributed by atoms with Crippen molar-refractivity contribution in [2.45, 2.75) is 50.9 Å². The number of ether oxygens (including phenoxy) is 1. The Labute approximate surface area is 143 Å². The topological polar surface area (TPSA) is 54.4 Å². The largest absolute Gasteiger partial charge is 0.489 e. The van der Waals surface area contributed by atoms with Crippen molar-refractivity contribution in [1.29, 1.82) is 0 Å². The minimum absolute atomic E-state index is 0.509. The third-order valence-corrected chi connectivity index (χ3v) is 4.64. The minimum Gasteiger partial charge on any atom is -0.489 e. The second-order valence-electron chi connectivity index (χ2n) is 6.65. The van der Waals surface area contributed by atoms with Crippen LogP contribution in [-0.2, 0) is 13.2 Å². The van der Waals surface area contributed by atoms with Crippen LogP contribution in [0.1, 0.15) is 43.2 Å². The molecule has 0 spiro atoms. The van der Waals surface area contributed by atoms with E-state index in [4.69, 9.17) is 4.74 Å². The van der Waals surface area contributed by atoms with Crippen LogP contribution in [0, 0.1) is 0 Å². The molecule has 0 bridgehead atoms. The molecule has 1 aromatic carbocycles. The van der Waals surface area contributed by atoms with Crippen molar-refractivity contribution in [3.63, 3.8) is 0 Å². The Balaban J connectivity index is 1.54. The van der Waals surface area contributed by atoms with Crippen molar-refractivity contribution in [3.8, 4) is 5.75 Å². The molecule has 4 heteroatoms. The first-order valence-corrected chi connectivity index (χ1v) is 8.78. The molecule has 1 aliphatic carbocycles. The van der Waals surface area contributed by atoms with E-state index < -0.39 is 5.60 Å². The highest BCUT2D eigenvalue weighted by Gasteiger charge is 2.28. The number of nitrogens with zero attached hydrogens (tertiary/aromatic N) is 1.